The van der Waals surface area contributed by atoms with Crippen molar-refractivity contribution in [2.45, 2.75) is 13.8 Å². The fourth-order valence-electron chi connectivity index (χ4n) is 2.57. The normalized spacial score (nSPS) is 16.5. The SMILES string of the molecule is CC1(C)C(=O)Nc2cc(N)ccc2NC(=O)C(=O)Nc2ccc(N)cc2NC1=O. The van der Waals surface area contributed by atoms with Gasteiger partial charge in [-0.05, 0) is 50.2 Å². The van der Waals surface area contributed by atoms with Gasteiger partial charge in [0.15, 0.2) is 0 Å². The topological polar surface area (TPSA) is 168 Å². The second-order valence-corrected chi connectivity index (χ2v) is 7.05. The van der Waals surface area contributed by atoms with Crippen LogP contribution in [0.2, 0.25) is 0 Å². The predicted molar refractivity (Wildman–Crippen MR) is 110 cm³/mol. The summed E-state index contributed by atoms with van der Waals surface area (Å²) in [6.45, 7) is 2.87. The molecule has 3 rings (SSSR count). The fraction of sp³-hybridized carbons (Fsp3) is 0.158. The molecular formula is C19H20N6O4. The molecule has 0 saturated carbocycles. The van der Waals surface area contributed by atoms with E-state index in [0.29, 0.717) is 11.4 Å². The van der Waals surface area contributed by atoms with Crippen LogP contribution in [0.15, 0.2) is 36.4 Å². The van der Waals surface area contributed by atoms with Crippen LogP contribution in [-0.2, 0) is 19.2 Å². The molecule has 0 fully saturated rings. The van der Waals surface area contributed by atoms with Crippen LogP contribution >= 0.6 is 0 Å². The highest BCUT2D eigenvalue weighted by molar-refractivity contribution is 6.44. The Balaban J connectivity index is 2.11. The van der Waals surface area contributed by atoms with Crippen LogP contribution in [0.4, 0.5) is 34.1 Å². The first-order valence-electron chi connectivity index (χ1n) is 8.62. The van der Waals surface area contributed by atoms with Crippen molar-refractivity contribution in [1.29, 1.82) is 0 Å². The van der Waals surface area contributed by atoms with Gasteiger partial charge in [0.05, 0.1) is 22.7 Å². The van der Waals surface area contributed by atoms with Gasteiger partial charge in [-0.3, -0.25) is 19.2 Å². The zero-order chi connectivity index (χ0) is 21.3. The molecule has 10 heteroatoms. The number of anilines is 6. The number of fused-ring (bicyclic) bond motifs is 2. The molecule has 0 saturated heterocycles. The molecule has 2 aromatic carbocycles. The Bertz CT molecular complexity index is 965. The van der Waals surface area contributed by atoms with Gasteiger partial charge in [0.1, 0.15) is 5.41 Å². The van der Waals surface area contributed by atoms with E-state index >= 15 is 0 Å². The van der Waals surface area contributed by atoms with E-state index < -0.39 is 29.0 Å². The molecule has 0 unspecified atom stereocenters. The second-order valence-electron chi connectivity index (χ2n) is 7.05. The third-order valence-corrected chi connectivity index (χ3v) is 4.42. The molecule has 0 aliphatic carbocycles. The summed E-state index contributed by atoms with van der Waals surface area (Å²) in [5.41, 5.74) is 11.3. The van der Waals surface area contributed by atoms with Gasteiger partial charge in [0.25, 0.3) is 0 Å². The average molecular weight is 396 g/mol. The molecular weight excluding hydrogens is 376 g/mol. The molecule has 150 valence electrons. The van der Waals surface area contributed by atoms with Crippen molar-refractivity contribution in [3.63, 3.8) is 0 Å². The number of benzene rings is 2. The monoisotopic (exact) mass is 396 g/mol. The number of carbonyl (C=O) groups is 4. The minimum absolute atomic E-state index is 0.151. The molecule has 0 atom stereocenters. The van der Waals surface area contributed by atoms with Gasteiger partial charge in [-0.15, -0.1) is 0 Å². The number of amides is 4. The summed E-state index contributed by atoms with van der Waals surface area (Å²) >= 11 is 0. The highest BCUT2D eigenvalue weighted by Gasteiger charge is 2.37. The lowest BCUT2D eigenvalue weighted by Gasteiger charge is -2.24. The number of hydrogen-bond donors (Lipinski definition) is 6. The minimum Gasteiger partial charge on any atom is -0.399 e. The van der Waals surface area contributed by atoms with E-state index in [1.54, 1.807) is 0 Å². The Labute approximate surface area is 166 Å². The van der Waals surface area contributed by atoms with E-state index in [1.807, 2.05) is 0 Å². The maximum atomic E-state index is 12.8. The lowest BCUT2D eigenvalue weighted by atomic mass is 9.90. The highest BCUT2D eigenvalue weighted by atomic mass is 16.2. The maximum absolute atomic E-state index is 12.8. The Morgan fingerprint density at radius 2 is 1.00 bits per heavy atom. The molecule has 2 aromatic rings. The number of nitrogens with two attached hydrogens (primary N) is 2. The number of hydrogen-bond acceptors (Lipinski definition) is 6. The van der Waals surface area contributed by atoms with Crippen LogP contribution < -0.4 is 32.7 Å². The molecule has 1 aliphatic rings. The van der Waals surface area contributed by atoms with Crippen molar-refractivity contribution >= 4 is 57.8 Å². The van der Waals surface area contributed by atoms with Crippen LogP contribution in [0.5, 0.6) is 0 Å². The highest BCUT2D eigenvalue weighted by Crippen LogP contribution is 2.31. The first kappa shape index (κ1) is 19.7. The zero-order valence-electron chi connectivity index (χ0n) is 15.8. The van der Waals surface area contributed by atoms with Gasteiger partial charge < -0.3 is 32.7 Å². The van der Waals surface area contributed by atoms with Crippen molar-refractivity contribution in [1.82, 2.24) is 0 Å². The van der Waals surface area contributed by atoms with Gasteiger partial charge >= 0.3 is 11.8 Å². The molecule has 1 heterocycles. The lowest BCUT2D eigenvalue weighted by molar-refractivity contribution is -0.135. The molecule has 0 aromatic heterocycles. The summed E-state index contributed by atoms with van der Waals surface area (Å²) in [6.07, 6.45) is 0. The molecule has 1 aliphatic heterocycles. The summed E-state index contributed by atoms with van der Waals surface area (Å²) in [5, 5.41) is 10.0. The van der Waals surface area contributed by atoms with Crippen molar-refractivity contribution in [3.8, 4) is 0 Å². The lowest BCUT2D eigenvalue weighted by Crippen LogP contribution is -2.41. The van der Waals surface area contributed by atoms with E-state index in [-0.39, 0.29) is 22.7 Å². The van der Waals surface area contributed by atoms with Crippen LogP contribution in [-0.4, -0.2) is 23.6 Å². The summed E-state index contributed by atoms with van der Waals surface area (Å²) < 4.78 is 0. The van der Waals surface area contributed by atoms with Crippen LogP contribution in [0.3, 0.4) is 0 Å². The first-order valence-corrected chi connectivity index (χ1v) is 8.62. The van der Waals surface area contributed by atoms with E-state index in [9.17, 15) is 19.2 Å². The van der Waals surface area contributed by atoms with Gasteiger partial charge in [-0.2, -0.15) is 0 Å². The van der Waals surface area contributed by atoms with Crippen LogP contribution in [0.25, 0.3) is 0 Å². The van der Waals surface area contributed by atoms with E-state index in [2.05, 4.69) is 21.3 Å². The summed E-state index contributed by atoms with van der Waals surface area (Å²) in [6, 6.07) is 8.70. The summed E-state index contributed by atoms with van der Waals surface area (Å²) in [7, 11) is 0. The number of rotatable bonds is 0. The zero-order valence-corrected chi connectivity index (χ0v) is 15.8. The molecule has 0 bridgehead atoms. The Morgan fingerprint density at radius 3 is 1.38 bits per heavy atom. The third kappa shape index (κ3) is 3.95. The third-order valence-electron chi connectivity index (χ3n) is 4.42. The van der Waals surface area contributed by atoms with Crippen molar-refractivity contribution in [2.75, 3.05) is 32.7 Å². The standard InChI is InChI=1S/C19H20N6O4/c1-19(2)17(28)24-13-7-9(20)3-5-11(13)22-15(26)16(27)23-12-6-4-10(21)8-14(12)25-18(19)29/h3-8H,20-21H2,1-2H3,(H,22,26)(H,23,27)(H,24,28)(H,25,29). The Morgan fingerprint density at radius 1 is 0.621 bits per heavy atom. The van der Waals surface area contributed by atoms with Crippen LogP contribution in [0.1, 0.15) is 13.8 Å². The molecule has 8 N–H and O–H groups in total. The predicted octanol–water partition coefficient (Wildman–Crippen LogP) is 1.34. The number of carbonyl (C=O) groups excluding carboxylic acids is 4. The number of nitrogen functional groups attached to an aromatic ring is 2. The van der Waals surface area contributed by atoms with Crippen molar-refractivity contribution in [3.05, 3.63) is 36.4 Å². The number of nitrogens with one attached hydrogen (secondary N) is 4. The van der Waals surface area contributed by atoms with Gasteiger partial charge in [-0.25, -0.2) is 0 Å². The van der Waals surface area contributed by atoms with E-state index in [4.69, 9.17) is 11.5 Å². The Kier molecular flexibility index (Phi) is 4.85. The van der Waals surface area contributed by atoms with E-state index in [0.717, 1.165) is 0 Å². The Hall–Kier alpha value is -4.08. The van der Waals surface area contributed by atoms with Gasteiger partial charge in [0.2, 0.25) is 11.8 Å². The molecule has 29 heavy (non-hydrogen) atoms. The molecule has 0 radical (unpaired) electrons. The fourth-order valence-corrected chi connectivity index (χ4v) is 2.57. The van der Waals surface area contributed by atoms with E-state index in [1.165, 1.54) is 50.2 Å². The van der Waals surface area contributed by atoms with Gasteiger partial charge in [-0.1, -0.05) is 0 Å². The smallest absolute Gasteiger partial charge is 0.314 e. The second kappa shape index (κ2) is 7.15. The van der Waals surface area contributed by atoms with Gasteiger partial charge in [0, 0.05) is 11.4 Å². The summed E-state index contributed by atoms with van der Waals surface area (Å²) in [5.74, 6) is -3.23. The largest absolute Gasteiger partial charge is 0.399 e. The molecule has 4 amide bonds. The molecule has 10 nitrogen and oxygen atoms in total. The molecule has 0 spiro atoms. The summed E-state index contributed by atoms with van der Waals surface area (Å²) in [4.78, 5) is 50.3. The first-order chi connectivity index (χ1) is 13.6. The van der Waals surface area contributed by atoms with Crippen molar-refractivity contribution in [2.24, 2.45) is 5.41 Å². The average Bonchev–Trinajstić information content (AvgIpc) is 2.65. The minimum atomic E-state index is -1.51. The maximum Gasteiger partial charge on any atom is 0.314 e. The van der Waals surface area contributed by atoms with Crippen LogP contribution in [0, 0.1) is 5.41 Å². The van der Waals surface area contributed by atoms with Crippen molar-refractivity contribution < 1.29 is 19.2 Å². The quantitative estimate of drug-likeness (QED) is 0.223.